The van der Waals surface area contributed by atoms with Gasteiger partial charge in [-0.1, -0.05) is 6.07 Å². The molecule has 0 aromatic heterocycles. The third-order valence-electron chi connectivity index (χ3n) is 3.13. The van der Waals surface area contributed by atoms with E-state index < -0.39 is 5.54 Å². The number of aliphatic imine (C=N–C) groups is 1. The van der Waals surface area contributed by atoms with E-state index >= 15 is 0 Å². The Balaban J connectivity index is 2.43. The number of rotatable bonds is 3. The molecule has 4 heteroatoms. The molecule has 16 heavy (non-hydrogen) atoms. The maximum atomic E-state index is 13.3. The van der Waals surface area contributed by atoms with Gasteiger partial charge >= 0.3 is 0 Å². The first-order chi connectivity index (χ1) is 7.72. The molecule has 2 rings (SSSR count). The van der Waals surface area contributed by atoms with Crippen LogP contribution in [0.1, 0.15) is 24.8 Å². The number of isocyanates is 1. The fourth-order valence-corrected chi connectivity index (χ4v) is 2.52. The molecular formula is C12H12FNOS. The summed E-state index contributed by atoms with van der Waals surface area (Å²) in [7, 11) is 0. The van der Waals surface area contributed by atoms with E-state index in [1.165, 1.54) is 17.8 Å². The summed E-state index contributed by atoms with van der Waals surface area (Å²) in [5.41, 5.74) is 0.493. The number of halogens is 1. The van der Waals surface area contributed by atoms with Crippen LogP contribution in [0.15, 0.2) is 28.1 Å². The molecule has 1 saturated carbocycles. The summed E-state index contributed by atoms with van der Waals surface area (Å²) < 4.78 is 13.3. The fourth-order valence-electron chi connectivity index (χ4n) is 2.01. The minimum atomic E-state index is -0.431. The SMILES string of the molecule is CSc1cc(C2(N=C=O)CCC2)ccc1F. The summed E-state index contributed by atoms with van der Waals surface area (Å²) in [6.45, 7) is 0. The Labute approximate surface area is 98.0 Å². The van der Waals surface area contributed by atoms with Gasteiger partial charge in [-0.15, -0.1) is 11.8 Å². The maximum Gasteiger partial charge on any atom is 0.235 e. The molecule has 1 aromatic rings. The summed E-state index contributed by atoms with van der Waals surface area (Å²) in [6, 6.07) is 4.95. The lowest BCUT2D eigenvalue weighted by Gasteiger charge is -2.37. The van der Waals surface area contributed by atoms with Crippen molar-refractivity contribution >= 4 is 17.8 Å². The smallest absolute Gasteiger partial charge is 0.211 e. The lowest BCUT2D eigenvalue weighted by atomic mass is 9.72. The summed E-state index contributed by atoms with van der Waals surface area (Å²) >= 11 is 1.36. The molecule has 2 nitrogen and oxygen atoms in total. The van der Waals surface area contributed by atoms with Gasteiger partial charge in [-0.05, 0) is 43.2 Å². The van der Waals surface area contributed by atoms with Crippen molar-refractivity contribution in [2.45, 2.75) is 29.7 Å². The summed E-state index contributed by atoms with van der Waals surface area (Å²) in [5, 5.41) is 0. The predicted octanol–water partition coefficient (Wildman–Crippen LogP) is 3.26. The lowest BCUT2D eigenvalue weighted by molar-refractivity contribution is 0.255. The van der Waals surface area contributed by atoms with Gasteiger partial charge in [0.15, 0.2) is 0 Å². The molecule has 0 aliphatic heterocycles. The molecule has 1 aromatic carbocycles. The normalized spacial score (nSPS) is 17.4. The Kier molecular flexibility index (Phi) is 3.13. The quantitative estimate of drug-likeness (QED) is 0.459. The molecule has 1 aliphatic rings. The number of thioether (sulfide) groups is 1. The summed E-state index contributed by atoms with van der Waals surface area (Å²) in [5.74, 6) is -0.221. The van der Waals surface area contributed by atoms with Gasteiger partial charge < -0.3 is 0 Å². The first-order valence-electron chi connectivity index (χ1n) is 5.15. The third kappa shape index (κ3) is 1.79. The van der Waals surface area contributed by atoms with Crippen LogP contribution in [0.5, 0.6) is 0 Å². The Morgan fingerprint density at radius 1 is 1.50 bits per heavy atom. The minimum absolute atomic E-state index is 0.221. The van der Waals surface area contributed by atoms with Crippen LogP contribution < -0.4 is 0 Å². The molecule has 84 valence electrons. The van der Waals surface area contributed by atoms with E-state index in [1.807, 2.05) is 6.26 Å². The van der Waals surface area contributed by atoms with Gasteiger partial charge in [-0.2, -0.15) is 4.99 Å². The van der Waals surface area contributed by atoms with Gasteiger partial charge in [0.1, 0.15) is 5.82 Å². The van der Waals surface area contributed by atoms with Crippen LogP contribution in [0.25, 0.3) is 0 Å². The van der Waals surface area contributed by atoms with E-state index in [2.05, 4.69) is 4.99 Å². The highest BCUT2D eigenvalue weighted by Gasteiger charge is 2.39. The van der Waals surface area contributed by atoms with Crippen molar-refractivity contribution in [1.82, 2.24) is 0 Å². The van der Waals surface area contributed by atoms with Gasteiger partial charge in [0.05, 0.1) is 5.54 Å². The molecule has 0 bridgehead atoms. The van der Waals surface area contributed by atoms with Gasteiger partial charge in [-0.25, -0.2) is 9.18 Å². The van der Waals surface area contributed by atoms with Crippen molar-refractivity contribution in [2.24, 2.45) is 4.99 Å². The molecule has 0 atom stereocenters. The molecule has 0 heterocycles. The van der Waals surface area contributed by atoms with Crippen molar-refractivity contribution < 1.29 is 9.18 Å². The van der Waals surface area contributed by atoms with E-state index in [1.54, 1.807) is 18.2 Å². The zero-order chi connectivity index (χ0) is 11.6. The van der Waals surface area contributed by atoms with Gasteiger partial charge in [0.25, 0.3) is 0 Å². The lowest BCUT2D eigenvalue weighted by Crippen LogP contribution is -2.31. The molecule has 0 saturated heterocycles. The predicted molar refractivity (Wildman–Crippen MR) is 61.8 cm³/mol. The molecule has 0 N–H and O–H groups in total. The first kappa shape index (κ1) is 11.4. The van der Waals surface area contributed by atoms with Crippen LogP contribution in [0.3, 0.4) is 0 Å². The van der Waals surface area contributed by atoms with Crippen molar-refractivity contribution in [3.63, 3.8) is 0 Å². The molecule has 0 amide bonds. The van der Waals surface area contributed by atoms with Crippen molar-refractivity contribution in [1.29, 1.82) is 0 Å². The second-order valence-corrected chi connectivity index (χ2v) is 4.79. The average molecular weight is 237 g/mol. The highest BCUT2D eigenvalue weighted by Crippen LogP contribution is 2.45. The minimum Gasteiger partial charge on any atom is -0.211 e. The van der Waals surface area contributed by atoms with Gasteiger partial charge in [0.2, 0.25) is 6.08 Å². The molecule has 0 radical (unpaired) electrons. The van der Waals surface area contributed by atoms with Crippen LogP contribution in [0, 0.1) is 5.82 Å². The molecule has 0 spiro atoms. The molecule has 1 aliphatic carbocycles. The highest BCUT2D eigenvalue weighted by atomic mass is 32.2. The second kappa shape index (κ2) is 4.40. The Morgan fingerprint density at radius 2 is 2.25 bits per heavy atom. The third-order valence-corrected chi connectivity index (χ3v) is 3.88. The monoisotopic (exact) mass is 237 g/mol. The fraction of sp³-hybridized carbons (Fsp3) is 0.417. The van der Waals surface area contributed by atoms with Crippen LogP contribution in [-0.2, 0) is 10.3 Å². The van der Waals surface area contributed by atoms with Crippen LogP contribution in [0.4, 0.5) is 4.39 Å². The second-order valence-electron chi connectivity index (χ2n) is 3.94. The zero-order valence-corrected chi connectivity index (χ0v) is 9.81. The maximum absolute atomic E-state index is 13.3. The van der Waals surface area contributed by atoms with E-state index in [0.29, 0.717) is 4.90 Å². The number of hydrogen-bond acceptors (Lipinski definition) is 3. The number of nitrogens with zero attached hydrogens (tertiary/aromatic N) is 1. The van der Waals surface area contributed by atoms with Gasteiger partial charge in [0, 0.05) is 4.90 Å². The van der Waals surface area contributed by atoms with Crippen LogP contribution >= 0.6 is 11.8 Å². The van der Waals surface area contributed by atoms with Crippen LogP contribution in [-0.4, -0.2) is 12.3 Å². The Bertz CT molecular complexity index is 450. The molecule has 0 unspecified atom stereocenters. The highest BCUT2D eigenvalue weighted by molar-refractivity contribution is 7.98. The Hall–Kier alpha value is -1.12. The topological polar surface area (TPSA) is 29.4 Å². The largest absolute Gasteiger partial charge is 0.235 e. The van der Waals surface area contributed by atoms with Gasteiger partial charge in [-0.3, -0.25) is 0 Å². The van der Waals surface area contributed by atoms with Crippen molar-refractivity contribution in [3.05, 3.63) is 29.6 Å². The van der Waals surface area contributed by atoms with Crippen molar-refractivity contribution in [3.8, 4) is 0 Å². The first-order valence-corrected chi connectivity index (χ1v) is 6.37. The van der Waals surface area contributed by atoms with Crippen molar-refractivity contribution in [2.75, 3.05) is 6.26 Å². The standard InChI is InChI=1S/C12H12FNOS/c1-16-11-7-9(3-4-10(11)13)12(14-8-15)5-2-6-12/h3-4,7H,2,5-6H2,1H3. The van der Waals surface area contributed by atoms with E-state index in [4.69, 9.17) is 0 Å². The van der Waals surface area contributed by atoms with Crippen LogP contribution in [0.2, 0.25) is 0 Å². The van der Waals surface area contributed by atoms with E-state index in [-0.39, 0.29) is 5.82 Å². The Morgan fingerprint density at radius 3 is 2.75 bits per heavy atom. The zero-order valence-electron chi connectivity index (χ0n) is 9.00. The number of carbonyl (C=O) groups excluding carboxylic acids is 1. The summed E-state index contributed by atoms with van der Waals surface area (Å²) in [6.07, 6.45) is 6.22. The summed E-state index contributed by atoms with van der Waals surface area (Å²) in [4.78, 5) is 14.9. The van der Waals surface area contributed by atoms with E-state index in [9.17, 15) is 9.18 Å². The molecular weight excluding hydrogens is 225 g/mol. The number of benzene rings is 1. The van der Waals surface area contributed by atoms with E-state index in [0.717, 1.165) is 24.8 Å². The number of hydrogen-bond donors (Lipinski definition) is 0. The average Bonchev–Trinajstić information content (AvgIpc) is 2.24. The molecule has 1 fully saturated rings.